The van der Waals surface area contributed by atoms with Gasteiger partial charge in [0.15, 0.2) is 5.82 Å². The van der Waals surface area contributed by atoms with Crippen LogP contribution in [0.4, 0.5) is 5.95 Å². The fourth-order valence-corrected chi connectivity index (χ4v) is 1.61. The fourth-order valence-electron chi connectivity index (χ4n) is 1.20. The van der Waals surface area contributed by atoms with Crippen LogP contribution in [-0.4, -0.2) is 21.1 Å². The minimum absolute atomic E-state index is 0.397. The number of halogens is 1. The second kappa shape index (κ2) is 4.96. The zero-order valence-corrected chi connectivity index (χ0v) is 10.7. The predicted octanol–water partition coefficient (Wildman–Crippen LogP) is 1.51. The molecule has 6 nitrogen and oxygen atoms in total. The largest absolute Gasteiger partial charge is 0.335 e. The molecule has 17 heavy (non-hydrogen) atoms. The molecule has 3 N–H and O–H groups in total. The molecule has 0 saturated carbocycles. The number of rotatable bonds is 3. The van der Waals surface area contributed by atoms with Gasteiger partial charge in [0.05, 0.1) is 6.21 Å². The van der Waals surface area contributed by atoms with E-state index in [9.17, 15) is 0 Å². The summed E-state index contributed by atoms with van der Waals surface area (Å²) in [6, 6.07) is 7.77. The first kappa shape index (κ1) is 11.6. The average Bonchev–Trinajstić information content (AvgIpc) is 2.61. The minimum atomic E-state index is 0.397. The van der Waals surface area contributed by atoms with Crippen molar-refractivity contribution in [3.05, 3.63) is 40.1 Å². The Morgan fingerprint density at radius 1 is 1.47 bits per heavy atom. The highest BCUT2D eigenvalue weighted by atomic mass is 79.9. The molecule has 1 aromatic heterocycles. The summed E-state index contributed by atoms with van der Waals surface area (Å²) in [7, 11) is 0. The molecule has 0 atom stereocenters. The van der Waals surface area contributed by atoms with Gasteiger partial charge in [0, 0.05) is 4.47 Å². The highest BCUT2D eigenvalue weighted by molar-refractivity contribution is 9.10. The van der Waals surface area contributed by atoms with Gasteiger partial charge in [0.1, 0.15) is 0 Å². The third-order valence-electron chi connectivity index (χ3n) is 2.09. The first-order valence-corrected chi connectivity index (χ1v) is 5.68. The van der Waals surface area contributed by atoms with Gasteiger partial charge in [-0.05, 0) is 24.6 Å². The third kappa shape index (κ3) is 2.82. The van der Waals surface area contributed by atoms with Gasteiger partial charge in [0.2, 0.25) is 0 Å². The van der Waals surface area contributed by atoms with Crippen molar-refractivity contribution in [1.82, 2.24) is 14.9 Å². The number of hydrazone groups is 1. The zero-order valence-electron chi connectivity index (χ0n) is 9.13. The maximum Gasteiger partial charge on any atom is 0.263 e. The molecule has 2 rings (SSSR count). The molecular formula is C10H11BrN6. The van der Waals surface area contributed by atoms with Gasteiger partial charge in [-0.25, -0.2) is 10.1 Å². The lowest BCUT2D eigenvalue weighted by Crippen LogP contribution is -2.13. The van der Waals surface area contributed by atoms with Crippen LogP contribution < -0.4 is 11.3 Å². The first-order valence-electron chi connectivity index (χ1n) is 4.88. The summed E-state index contributed by atoms with van der Waals surface area (Å²) in [6.07, 6.45) is 1.68. The molecule has 0 aliphatic heterocycles. The lowest BCUT2D eigenvalue weighted by atomic mass is 10.2. The Morgan fingerprint density at radius 3 is 2.94 bits per heavy atom. The van der Waals surface area contributed by atoms with Crippen LogP contribution in [0, 0.1) is 6.92 Å². The van der Waals surface area contributed by atoms with Crippen LogP contribution in [0.5, 0.6) is 0 Å². The van der Waals surface area contributed by atoms with E-state index in [0.717, 1.165) is 10.0 Å². The Morgan fingerprint density at radius 2 is 2.29 bits per heavy atom. The van der Waals surface area contributed by atoms with Gasteiger partial charge >= 0.3 is 0 Å². The number of aryl methyl sites for hydroxylation is 1. The molecule has 0 radical (unpaired) electrons. The number of hydrogen-bond donors (Lipinski definition) is 2. The van der Waals surface area contributed by atoms with E-state index in [4.69, 9.17) is 5.84 Å². The molecule has 0 aliphatic rings. The second-order valence-corrected chi connectivity index (χ2v) is 4.28. The van der Waals surface area contributed by atoms with E-state index in [1.165, 1.54) is 4.68 Å². The summed E-state index contributed by atoms with van der Waals surface area (Å²) < 4.78 is 2.33. The van der Waals surface area contributed by atoms with Crippen molar-refractivity contribution >= 4 is 28.1 Å². The highest BCUT2D eigenvalue weighted by Gasteiger charge is 2.02. The summed E-state index contributed by atoms with van der Waals surface area (Å²) in [5, 5.41) is 11.6. The summed E-state index contributed by atoms with van der Waals surface area (Å²) in [4.78, 5) is 0. The van der Waals surface area contributed by atoms with E-state index in [2.05, 4.69) is 36.7 Å². The molecule has 0 spiro atoms. The van der Waals surface area contributed by atoms with Crippen LogP contribution in [-0.2, 0) is 0 Å². The van der Waals surface area contributed by atoms with Gasteiger partial charge in [-0.15, -0.1) is 10.2 Å². The first-order chi connectivity index (χ1) is 8.16. The fraction of sp³-hybridized carbons (Fsp3) is 0.100. The van der Waals surface area contributed by atoms with Gasteiger partial charge in [-0.1, -0.05) is 28.1 Å². The molecule has 0 amide bonds. The summed E-state index contributed by atoms with van der Waals surface area (Å²) >= 11 is 3.39. The van der Waals surface area contributed by atoms with Crippen molar-refractivity contribution in [3.63, 3.8) is 0 Å². The van der Waals surface area contributed by atoms with Crippen molar-refractivity contribution in [2.24, 2.45) is 5.10 Å². The van der Waals surface area contributed by atoms with E-state index in [1.807, 2.05) is 24.3 Å². The number of benzene rings is 1. The summed E-state index contributed by atoms with van der Waals surface area (Å²) in [5.74, 6) is 6.67. The van der Waals surface area contributed by atoms with Crippen LogP contribution in [0.1, 0.15) is 11.4 Å². The SMILES string of the molecule is Cc1nnc(NN=Cc2cccc(Br)c2)n1N. The number of nitrogens with zero attached hydrogens (tertiary/aromatic N) is 4. The Balaban J connectivity index is 2.05. The molecule has 1 aromatic carbocycles. The van der Waals surface area contributed by atoms with E-state index in [-0.39, 0.29) is 0 Å². The molecule has 0 saturated heterocycles. The quantitative estimate of drug-likeness (QED) is 0.511. The topological polar surface area (TPSA) is 81.1 Å². The number of anilines is 1. The number of aromatic nitrogens is 3. The molecule has 7 heteroatoms. The van der Waals surface area contributed by atoms with Crippen molar-refractivity contribution in [3.8, 4) is 0 Å². The van der Waals surface area contributed by atoms with Gasteiger partial charge in [-0.2, -0.15) is 5.10 Å². The van der Waals surface area contributed by atoms with Crippen LogP contribution in [0.3, 0.4) is 0 Å². The Hall–Kier alpha value is -1.89. The van der Waals surface area contributed by atoms with Gasteiger partial charge in [-0.3, -0.25) is 0 Å². The van der Waals surface area contributed by atoms with E-state index in [0.29, 0.717) is 11.8 Å². The lowest BCUT2D eigenvalue weighted by Gasteiger charge is -1.99. The highest BCUT2D eigenvalue weighted by Crippen LogP contribution is 2.10. The average molecular weight is 295 g/mol. The van der Waals surface area contributed by atoms with Crippen molar-refractivity contribution < 1.29 is 0 Å². The zero-order chi connectivity index (χ0) is 12.3. The summed E-state index contributed by atoms with van der Waals surface area (Å²) in [6.45, 7) is 1.76. The number of nitrogen functional groups attached to an aromatic ring is 1. The normalized spacial score (nSPS) is 10.9. The predicted molar refractivity (Wildman–Crippen MR) is 70.3 cm³/mol. The Kier molecular flexibility index (Phi) is 3.38. The molecule has 0 bridgehead atoms. The van der Waals surface area contributed by atoms with Gasteiger partial charge in [0.25, 0.3) is 5.95 Å². The summed E-state index contributed by atoms with van der Waals surface area (Å²) in [5.41, 5.74) is 3.68. The Bertz CT molecular complexity index is 547. The molecule has 2 aromatic rings. The molecule has 88 valence electrons. The minimum Gasteiger partial charge on any atom is -0.335 e. The standard InChI is InChI=1S/C10H11BrN6/c1-7-14-16-10(17(7)12)15-13-6-8-3-2-4-9(11)5-8/h2-6H,12H2,1H3,(H,15,16). The lowest BCUT2D eigenvalue weighted by molar-refractivity contribution is 0.926. The van der Waals surface area contributed by atoms with Crippen LogP contribution in [0.2, 0.25) is 0 Å². The second-order valence-electron chi connectivity index (χ2n) is 3.37. The van der Waals surface area contributed by atoms with E-state index < -0.39 is 0 Å². The third-order valence-corrected chi connectivity index (χ3v) is 2.59. The van der Waals surface area contributed by atoms with Crippen molar-refractivity contribution in [1.29, 1.82) is 0 Å². The van der Waals surface area contributed by atoms with E-state index >= 15 is 0 Å². The van der Waals surface area contributed by atoms with Crippen LogP contribution >= 0.6 is 15.9 Å². The Labute approximate surface area is 107 Å². The number of hydrogen-bond acceptors (Lipinski definition) is 5. The maximum atomic E-state index is 5.65. The molecule has 0 aliphatic carbocycles. The molecule has 0 fully saturated rings. The number of nitrogens with two attached hydrogens (primary N) is 1. The molecule has 1 heterocycles. The maximum absolute atomic E-state index is 5.65. The smallest absolute Gasteiger partial charge is 0.263 e. The van der Waals surface area contributed by atoms with E-state index in [1.54, 1.807) is 13.1 Å². The monoisotopic (exact) mass is 294 g/mol. The molecular weight excluding hydrogens is 284 g/mol. The van der Waals surface area contributed by atoms with Gasteiger partial charge < -0.3 is 5.84 Å². The number of nitrogens with one attached hydrogen (secondary N) is 1. The molecule has 0 unspecified atom stereocenters. The van der Waals surface area contributed by atoms with Crippen molar-refractivity contribution in [2.45, 2.75) is 6.92 Å². The van der Waals surface area contributed by atoms with Crippen LogP contribution in [0.15, 0.2) is 33.8 Å². The van der Waals surface area contributed by atoms with Crippen LogP contribution in [0.25, 0.3) is 0 Å². The van der Waals surface area contributed by atoms with Crippen molar-refractivity contribution in [2.75, 3.05) is 11.3 Å².